The molecule has 0 atom stereocenters. The number of anilines is 1. The second-order valence-electron chi connectivity index (χ2n) is 6.55. The number of carbonyl (C=O) groups is 1. The first-order valence-electron chi connectivity index (χ1n) is 9.01. The summed E-state index contributed by atoms with van der Waals surface area (Å²) >= 11 is 0. The van der Waals surface area contributed by atoms with E-state index in [-0.39, 0.29) is 10.8 Å². The molecule has 1 aromatic heterocycles. The Hall–Kier alpha value is -3.17. The molecule has 0 aliphatic carbocycles. The maximum atomic E-state index is 13.0. The summed E-state index contributed by atoms with van der Waals surface area (Å²) < 4.78 is 33.1. The summed E-state index contributed by atoms with van der Waals surface area (Å²) in [5, 5.41) is 4.40. The summed E-state index contributed by atoms with van der Waals surface area (Å²) in [5.74, 6) is 0.519. The Morgan fingerprint density at radius 1 is 1.14 bits per heavy atom. The third-order valence-electron chi connectivity index (χ3n) is 4.92. The average Bonchev–Trinajstić information content (AvgIpc) is 3.40. The van der Waals surface area contributed by atoms with Crippen molar-refractivity contribution in [3.63, 3.8) is 0 Å². The van der Waals surface area contributed by atoms with E-state index in [1.165, 1.54) is 13.1 Å². The molecule has 1 N–H and O–H groups in total. The third-order valence-corrected chi connectivity index (χ3v) is 6.33. The van der Waals surface area contributed by atoms with Gasteiger partial charge in [0.1, 0.15) is 5.75 Å². The Bertz CT molecular complexity index is 1170. The van der Waals surface area contributed by atoms with Gasteiger partial charge in [-0.15, -0.1) is 0 Å². The van der Waals surface area contributed by atoms with Crippen molar-refractivity contribution in [2.24, 2.45) is 0 Å². The van der Waals surface area contributed by atoms with Crippen LogP contribution in [0.5, 0.6) is 5.75 Å². The number of nitrogens with zero attached hydrogens (tertiary/aromatic N) is 3. The topological polar surface area (TPSA) is 93.5 Å². The Morgan fingerprint density at radius 2 is 1.90 bits per heavy atom. The van der Waals surface area contributed by atoms with Crippen LogP contribution in [0.15, 0.2) is 59.6 Å². The van der Waals surface area contributed by atoms with E-state index in [1.807, 2.05) is 24.3 Å². The number of nitrogens with one attached hydrogen (secondary N) is 1. The molecule has 0 radical (unpaired) electrons. The van der Waals surface area contributed by atoms with Crippen LogP contribution in [0.4, 0.5) is 5.69 Å². The summed E-state index contributed by atoms with van der Waals surface area (Å²) in [6.07, 6.45) is 2.32. The molecule has 29 heavy (non-hydrogen) atoms. The third kappa shape index (κ3) is 3.50. The van der Waals surface area contributed by atoms with Crippen molar-refractivity contribution in [3.8, 4) is 11.4 Å². The molecule has 1 aliphatic heterocycles. The van der Waals surface area contributed by atoms with Crippen LogP contribution in [0.25, 0.3) is 5.69 Å². The van der Waals surface area contributed by atoms with Gasteiger partial charge in [0.25, 0.3) is 5.91 Å². The molecule has 0 saturated heterocycles. The molecule has 0 spiro atoms. The number of ether oxygens (including phenoxy) is 1. The lowest BCUT2D eigenvalue weighted by Gasteiger charge is -2.16. The molecule has 150 valence electrons. The van der Waals surface area contributed by atoms with Crippen molar-refractivity contribution in [3.05, 3.63) is 66.0 Å². The van der Waals surface area contributed by atoms with E-state index in [9.17, 15) is 13.2 Å². The molecule has 0 fully saturated rings. The van der Waals surface area contributed by atoms with Crippen LogP contribution in [-0.4, -0.2) is 44.8 Å². The standard InChI is InChI=1S/C20H20N4O4S/c1-21-29(26,27)17-7-8-19-14(13-17)9-11-23(19)20(25)18-10-12-24(22-18)15-3-5-16(28-2)6-4-15/h3-8,10,12-13,21H,9,11H2,1-2H3. The Balaban J connectivity index is 1.58. The van der Waals surface area contributed by atoms with Gasteiger partial charge in [-0.2, -0.15) is 5.10 Å². The molecular weight excluding hydrogens is 392 g/mol. The van der Waals surface area contributed by atoms with Crippen molar-refractivity contribution in [2.75, 3.05) is 25.6 Å². The van der Waals surface area contributed by atoms with Gasteiger partial charge in [0, 0.05) is 18.4 Å². The zero-order valence-electron chi connectivity index (χ0n) is 16.0. The molecule has 1 amide bonds. The Labute approximate surface area is 168 Å². The van der Waals surface area contributed by atoms with Crippen LogP contribution in [0.1, 0.15) is 16.1 Å². The van der Waals surface area contributed by atoms with E-state index >= 15 is 0 Å². The summed E-state index contributed by atoms with van der Waals surface area (Å²) in [5.41, 5.74) is 2.67. The second kappa shape index (κ2) is 7.34. The lowest BCUT2D eigenvalue weighted by atomic mass is 10.2. The van der Waals surface area contributed by atoms with Crippen LogP contribution < -0.4 is 14.4 Å². The normalized spacial score (nSPS) is 13.4. The molecule has 0 saturated carbocycles. The summed E-state index contributed by atoms with van der Waals surface area (Å²) in [6.45, 7) is 0.479. The molecule has 9 heteroatoms. The zero-order valence-corrected chi connectivity index (χ0v) is 16.8. The number of hydrogen-bond acceptors (Lipinski definition) is 5. The SMILES string of the molecule is CNS(=O)(=O)c1ccc2c(c1)CCN2C(=O)c1ccn(-c2ccc(OC)cc2)n1. The highest BCUT2D eigenvalue weighted by Gasteiger charge is 2.28. The Morgan fingerprint density at radius 3 is 2.59 bits per heavy atom. The first-order chi connectivity index (χ1) is 13.9. The number of amides is 1. The number of sulfonamides is 1. The number of rotatable bonds is 5. The molecule has 3 aromatic rings. The quantitative estimate of drug-likeness (QED) is 0.692. The van der Waals surface area contributed by atoms with Crippen LogP contribution in [0, 0.1) is 0 Å². The highest BCUT2D eigenvalue weighted by atomic mass is 32.2. The van der Waals surface area contributed by atoms with Crippen LogP contribution in [0.3, 0.4) is 0 Å². The number of fused-ring (bicyclic) bond motifs is 1. The van der Waals surface area contributed by atoms with E-state index in [2.05, 4.69) is 9.82 Å². The van der Waals surface area contributed by atoms with E-state index in [0.717, 1.165) is 17.0 Å². The van der Waals surface area contributed by atoms with Crippen molar-refractivity contribution in [2.45, 2.75) is 11.3 Å². The van der Waals surface area contributed by atoms with E-state index in [0.29, 0.717) is 24.3 Å². The molecule has 8 nitrogen and oxygen atoms in total. The van der Waals surface area contributed by atoms with Gasteiger partial charge in [0.15, 0.2) is 5.69 Å². The molecular formula is C20H20N4O4S. The fourth-order valence-electron chi connectivity index (χ4n) is 3.33. The highest BCUT2D eigenvalue weighted by Crippen LogP contribution is 2.31. The average molecular weight is 412 g/mol. The van der Waals surface area contributed by atoms with Gasteiger partial charge >= 0.3 is 0 Å². The van der Waals surface area contributed by atoms with Crippen molar-refractivity contribution < 1.29 is 17.9 Å². The Kier molecular flexibility index (Phi) is 4.85. The number of aromatic nitrogens is 2. The van der Waals surface area contributed by atoms with E-state index in [4.69, 9.17) is 4.74 Å². The van der Waals surface area contributed by atoms with Crippen molar-refractivity contribution in [1.29, 1.82) is 0 Å². The van der Waals surface area contributed by atoms with Crippen LogP contribution in [0.2, 0.25) is 0 Å². The van der Waals surface area contributed by atoms with E-state index in [1.54, 1.807) is 41.1 Å². The maximum Gasteiger partial charge on any atom is 0.278 e. The van der Waals surface area contributed by atoms with E-state index < -0.39 is 10.0 Å². The largest absolute Gasteiger partial charge is 0.497 e. The lowest BCUT2D eigenvalue weighted by molar-refractivity contribution is 0.0984. The number of carbonyl (C=O) groups excluding carboxylic acids is 1. The molecule has 0 bridgehead atoms. The van der Waals surface area contributed by atoms with Crippen molar-refractivity contribution in [1.82, 2.24) is 14.5 Å². The number of benzene rings is 2. The van der Waals surface area contributed by atoms with Gasteiger partial charge in [-0.3, -0.25) is 4.79 Å². The smallest absolute Gasteiger partial charge is 0.278 e. The minimum atomic E-state index is -3.52. The predicted molar refractivity (Wildman–Crippen MR) is 108 cm³/mol. The molecule has 1 aliphatic rings. The van der Waals surface area contributed by atoms with Gasteiger partial charge in [0.2, 0.25) is 10.0 Å². The first-order valence-corrected chi connectivity index (χ1v) is 10.5. The van der Waals surface area contributed by atoms with Crippen LogP contribution >= 0.6 is 0 Å². The highest BCUT2D eigenvalue weighted by molar-refractivity contribution is 7.89. The van der Waals surface area contributed by atoms with Gasteiger partial charge in [-0.05, 0) is 67.6 Å². The minimum absolute atomic E-state index is 0.192. The maximum absolute atomic E-state index is 13.0. The minimum Gasteiger partial charge on any atom is -0.497 e. The second-order valence-corrected chi connectivity index (χ2v) is 8.43. The van der Waals surface area contributed by atoms with Gasteiger partial charge in [-0.25, -0.2) is 17.8 Å². The van der Waals surface area contributed by atoms with Crippen molar-refractivity contribution >= 4 is 21.6 Å². The number of hydrogen-bond donors (Lipinski definition) is 1. The van der Waals surface area contributed by atoms with Crippen LogP contribution in [-0.2, 0) is 16.4 Å². The molecule has 2 aromatic carbocycles. The zero-order chi connectivity index (χ0) is 20.6. The fraction of sp³-hybridized carbons (Fsp3) is 0.200. The van der Waals surface area contributed by atoms with Gasteiger partial charge in [-0.1, -0.05) is 0 Å². The number of methoxy groups -OCH3 is 1. The van der Waals surface area contributed by atoms with Gasteiger partial charge < -0.3 is 9.64 Å². The lowest BCUT2D eigenvalue weighted by Crippen LogP contribution is -2.29. The molecule has 2 heterocycles. The first kappa shape index (κ1) is 19.2. The summed E-state index contributed by atoms with van der Waals surface area (Å²) in [4.78, 5) is 14.8. The summed E-state index contributed by atoms with van der Waals surface area (Å²) in [7, 11) is -0.546. The molecule has 4 rings (SSSR count). The summed E-state index contributed by atoms with van der Waals surface area (Å²) in [6, 6.07) is 13.8. The molecule has 0 unspecified atom stereocenters. The monoisotopic (exact) mass is 412 g/mol. The predicted octanol–water partition coefficient (Wildman–Crippen LogP) is 1.99. The van der Waals surface area contributed by atoms with Gasteiger partial charge in [0.05, 0.1) is 17.7 Å². The fourth-order valence-corrected chi connectivity index (χ4v) is 4.11.